The van der Waals surface area contributed by atoms with Crippen molar-refractivity contribution in [3.8, 4) is 0 Å². The zero-order chi connectivity index (χ0) is 21.6. The standard InChI is InChI=1S/C26H32N4O/c1-20-5-7-23(8-6-20)17-29-14-3-4-25(19-29)26(31)28-16-22-9-11-24(12-10-22)18-30-15-13-27-21(30)2/h5-13,15,25H,3-4,14,16-19H2,1-2H3,(H,28,31). The van der Waals surface area contributed by atoms with Gasteiger partial charge in [0.2, 0.25) is 5.91 Å². The van der Waals surface area contributed by atoms with E-state index >= 15 is 0 Å². The van der Waals surface area contributed by atoms with Crippen molar-refractivity contribution >= 4 is 5.91 Å². The molecule has 0 aliphatic carbocycles. The Morgan fingerprint density at radius 3 is 2.39 bits per heavy atom. The third-order valence-corrected chi connectivity index (χ3v) is 6.17. The molecule has 2 aromatic carbocycles. The maximum Gasteiger partial charge on any atom is 0.224 e. The molecular weight excluding hydrogens is 384 g/mol. The summed E-state index contributed by atoms with van der Waals surface area (Å²) in [6.07, 6.45) is 5.87. The van der Waals surface area contributed by atoms with E-state index in [1.54, 1.807) is 0 Å². The van der Waals surface area contributed by atoms with Gasteiger partial charge in [-0.3, -0.25) is 9.69 Å². The van der Waals surface area contributed by atoms with Gasteiger partial charge in [0.05, 0.1) is 5.92 Å². The molecule has 162 valence electrons. The highest BCUT2D eigenvalue weighted by atomic mass is 16.1. The van der Waals surface area contributed by atoms with E-state index in [2.05, 4.69) is 75.2 Å². The summed E-state index contributed by atoms with van der Waals surface area (Å²) in [7, 11) is 0. The first-order valence-electron chi connectivity index (χ1n) is 11.2. The molecule has 5 heteroatoms. The number of carbonyl (C=O) groups excluding carboxylic acids is 1. The van der Waals surface area contributed by atoms with E-state index < -0.39 is 0 Å². The quantitative estimate of drug-likeness (QED) is 0.631. The van der Waals surface area contributed by atoms with Crippen LogP contribution in [-0.2, 0) is 24.4 Å². The van der Waals surface area contributed by atoms with E-state index in [1.807, 2.05) is 19.3 Å². The van der Waals surface area contributed by atoms with Crippen molar-refractivity contribution in [1.29, 1.82) is 0 Å². The lowest BCUT2D eigenvalue weighted by atomic mass is 9.96. The number of amides is 1. The summed E-state index contributed by atoms with van der Waals surface area (Å²) in [5.41, 5.74) is 4.96. The number of imidazole rings is 1. The highest BCUT2D eigenvalue weighted by Crippen LogP contribution is 2.19. The van der Waals surface area contributed by atoms with Crippen LogP contribution in [0.25, 0.3) is 0 Å². The molecule has 1 amide bonds. The summed E-state index contributed by atoms with van der Waals surface area (Å²) in [6, 6.07) is 17.2. The van der Waals surface area contributed by atoms with Crippen molar-refractivity contribution in [1.82, 2.24) is 19.8 Å². The third kappa shape index (κ3) is 5.82. The lowest BCUT2D eigenvalue weighted by Gasteiger charge is -2.32. The minimum atomic E-state index is 0.0719. The molecular formula is C26H32N4O. The molecule has 3 aromatic rings. The third-order valence-electron chi connectivity index (χ3n) is 6.17. The summed E-state index contributed by atoms with van der Waals surface area (Å²) in [5.74, 6) is 1.26. The van der Waals surface area contributed by atoms with E-state index in [0.717, 1.165) is 50.4 Å². The Hall–Kier alpha value is -2.92. The van der Waals surface area contributed by atoms with Gasteiger partial charge in [0.1, 0.15) is 5.82 Å². The van der Waals surface area contributed by atoms with Gasteiger partial charge in [0, 0.05) is 38.6 Å². The van der Waals surface area contributed by atoms with Crippen molar-refractivity contribution in [3.05, 3.63) is 89.0 Å². The van der Waals surface area contributed by atoms with Gasteiger partial charge in [0.25, 0.3) is 0 Å². The highest BCUT2D eigenvalue weighted by Gasteiger charge is 2.25. The van der Waals surface area contributed by atoms with Crippen molar-refractivity contribution in [2.75, 3.05) is 13.1 Å². The fourth-order valence-electron chi connectivity index (χ4n) is 4.23. The molecule has 1 fully saturated rings. The number of piperidine rings is 1. The summed E-state index contributed by atoms with van der Waals surface area (Å²) in [6.45, 7) is 8.34. The van der Waals surface area contributed by atoms with Crippen LogP contribution >= 0.6 is 0 Å². The van der Waals surface area contributed by atoms with Crippen LogP contribution in [0.2, 0.25) is 0 Å². The van der Waals surface area contributed by atoms with Crippen LogP contribution in [-0.4, -0.2) is 33.4 Å². The number of nitrogens with zero attached hydrogens (tertiary/aromatic N) is 3. The molecule has 1 saturated heterocycles. The van der Waals surface area contributed by atoms with E-state index in [4.69, 9.17) is 0 Å². The van der Waals surface area contributed by atoms with Crippen LogP contribution in [0.1, 0.15) is 40.9 Å². The average molecular weight is 417 g/mol. The summed E-state index contributed by atoms with van der Waals surface area (Å²) >= 11 is 0. The molecule has 4 rings (SSSR count). The Balaban J connectivity index is 1.26. The topological polar surface area (TPSA) is 50.2 Å². The minimum Gasteiger partial charge on any atom is -0.352 e. The first-order chi connectivity index (χ1) is 15.1. The summed E-state index contributed by atoms with van der Waals surface area (Å²) in [4.78, 5) is 19.5. The predicted molar refractivity (Wildman–Crippen MR) is 124 cm³/mol. The van der Waals surface area contributed by atoms with E-state index in [9.17, 15) is 4.79 Å². The molecule has 0 radical (unpaired) electrons. The largest absolute Gasteiger partial charge is 0.352 e. The molecule has 5 nitrogen and oxygen atoms in total. The first kappa shape index (κ1) is 21.3. The zero-order valence-electron chi connectivity index (χ0n) is 18.6. The van der Waals surface area contributed by atoms with Crippen LogP contribution in [0.3, 0.4) is 0 Å². The molecule has 1 aromatic heterocycles. The van der Waals surface area contributed by atoms with Gasteiger partial charge >= 0.3 is 0 Å². The fourth-order valence-corrected chi connectivity index (χ4v) is 4.23. The molecule has 0 spiro atoms. The number of nitrogens with one attached hydrogen (secondary N) is 1. The van der Waals surface area contributed by atoms with Gasteiger partial charge in [-0.05, 0) is 49.9 Å². The van der Waals surface area contributed by atoms with Crippen LogP contribution in [0, 0.1) is 19.8 Å². The summed E-state index contributed by atoms with van der Waals surface area (Å²) < 4.78 is 2.13. The second kappa shape index (κ2) is 9.92. The predicted octanol–water partition coefficient (Wildman–Crippen LogP) is 4.08. The maximum atomic E-state index is 12.8. The Morgan fingerprint density at radius 1 is 1.00 bits per heavy atom. The van der Waals surface area contributed by atoms with Crippen molar-refractivity contribution < 1.29 is 4.79 Å². The van der Waals surface area contributed by atoms with Crippen LogP contribution in [0.15, 0.2) is 60.9 Å². The van der Waals surface area contributed by atoms with Gasteiger partial charge in [-0.2, -0.15) is 0 Å². The van der Waals surface area contributed by atoms with Gasteiger partial charge < -0.3 is 9.88 Å². The number of hydrogen-bond acceptors (Lipinski definition) is 3. The Bertz CT molecular complexity index is 991. The van der Waals surface area contributed by atoms with Gasteiger partial charge in [-0.25, -0.2) is 4.98 Å². The lowest BCUT2D eigenvalue weighted by Crippen LogP contribution is -2.42. The zero-order valence-corrected chi connectivity index (χ0v) is 18.6. The van der Waals surface area contributed by atoms with Crippen LogP contribution < -0.4 is 5.32 Å². The number of benzene rings is 2. The molecule has 1 N–H and O–H groups in total. The maximum absolute atomic E-state index is 12.8. The number of hydrogen-bond donors (Lipinski definition) is 1. The smallest absolute Gasteiger partial charge is 0.224 e. The number of likely N-dealkylation sites (tertiary alicyclic amines) is 1. The van der Waals surface area contributed by atoms with Gasteiger partial charge in [0.15, 0.2) is 0 Å². The fraction of sp³-hybridized carbons (Fsp3) is 0.385. The molecule has 0 bridgehead atoms. The Morgan fingerprint density at radius 2 is 1.68 bits per heavy atom. The molecule has 31 heavy (non-hydrogen) atoms. The average Bonchev–Trinajstić information content (AvgIpc) is 3.19. The van der Waals surface area contributed by atoms with E-state index in [-0.39, 0.29) is 11.8 Å². The van der Waals surface area contributed by atoms with Gasteiger partial charge in [-0.15, -0.1) is 0 Å². The van der Waals surface area contributed by atoms with Crippen LogP contribution in [0.4, 0.5) is 0 Å². The number of aromatic nitrogens is 2. The number of carbonyl (C=O) groups is 1. The van der Waals surface area contributed by atoms with Crippen molar-refractivity contribution in [3.63, 3.8) is 0 Å². The van der Waals surface area contributed by atoms with Crippen LogP contribution in [0.5, 0.6) is 0 Å². The Kier molecular flexibility index (Phi) is 6.82. The minimum absolute atomic E-state index is 0.0719. The second-order valence-electron chi connectivity index (χ2n) is 8.70. The summed E-state index contributed by atoms with van der Waals surface area (Å²) in [5, 5.41) is 3.15. The molecule has 2 heterocycles. The SMILES string of the molecule is Cc1ccc(CN2CCCC(C(=O)NCc3ccc(Cn4ccnc4C)cc3)C2)cc1. The number of rotatable bonds is 7. The van der Waals surface area contributed by atoms with E-state index in [0.29, 0.717) is 6.54 Å². The monoisotopic (exact) mass is 416 g/mol. The van der Waals surface area contributed by atoms with Crippen molar-refractivity contribution in [2.45, 2.75) is 46.3 Å². The normalized spacial score (nSPS) is 16.9. The number of aryl methyl sites for hydroxylation is 2. The first-order valence-corrected chi connectivity index (χ1v) is 11.2. The highest BCUT2D eigenvalue weighted by molar-refractivity contribution is 5.79. The van der Waals surface area contributed by atoms with Crippen molar-refractivity contribution in [2.24, 2.45) is 5.92 Å². The lowest BCUT2D eigenvalue weighted by molar-refractivity contribution is -0.126. The molecule has 1 aliphatic rings. The molecule has 1 aliphatic heterocycles. The van der Waals surface area contributed by atoms with Gasteiger partial charge in [-0.1, -0.05) is 54.1 Å². The molecule has 1 unspecified atom stereocenters. The second-order valence-corrected chi connectivity index (χ2v) is 8.70. The molecule has 1 atom stereocenters. The van der Waals surface area contributed by atoms with E-state index in [1.165, 1.54) is 16.7 Å². The molecule has 0 saturated carbocycles. The Labute approximate surface area is 185 Å².